The largest absolute Gasteiger partial charge is 0.311 e. The minimum absolute atomic E-state index is 0.813. The summed E-state index contributed by atoms with van der Waals surface area (Å²) in [5.74, 6) is 0. The lowest BCUT2D eigenvalue weighted by atomic mass is 9.96. The van der Waals surface area contributed by atoms with Crippen LogP contribution in [0.2, 0.25) is 0 Å². The molecule has 1 aromatic heterocycles. The van der Waals surface area contributed by atoms with Crippen molar-refractivity contribution >= 4 is 90.1 Å². The molecule has 0 amide bonds. The van der Waals surface area contributed by atoms with Gasteiger partial charge in [0, 0.05) is 79.1 Å². The van der Waals surface area contributed by atoms with Crippen LogP contribution in [0.5, 0.6) is 0 Å². The lowest BCUT2D eigenvalue weighted by molar-refractivity contribution is 1.25. The van der Waals surface area contributed by atoms with Gasteiger partial charge in [-0.3, -0.25) is 0 Å². The fourth-order valence-electron chi connectivity index (χ4n) is 10.6. The standard InChI is InChI=1S/C72H52N6/c1-7-23-54(24-8-1)75(55-25-9-2-10-26-55)61-43-45-63(46-44-61)77(58-31-15-5-16-32-58)60-41-39-53(40-42-60)71-72(74-69-38-22-21-37-68(69)73-71)67-51-52-70(66-36-20-19-35-65(66)67)78(59-33-17-6-18-34-59)64-49-47-62(48-50-64)76(56-27-11-3-12-28-56)57-29-13-4-14-30-57/h1-52H. The molecule has 0 N–H and O–H groups in total. The zero-order valence-corrected chi connectivity index (χ0v) is 42.7. The Hall–Kier alpha value is -10.6. The van der Waals surface area contributed by atoms with E-state index in [1.54, 1.807) is 0 Å². The van der Waals surface area contributed by atoms with Crippen LogP contribution in [0.25, 0.3) is 44.3 Å². The molecule has 13 aromatic rings. The molecule has 13 rings (SSSR count). The average Bonchev–Trinajstić information content (AvgIpc) is 3.53. The highest BCUT2D eigenvalue weighted by atomic mass is 15.2. The molecule has 0 aliphatic heterocycles. The van der Waals surface area contributed by atoms with Crippen LogP contribution in [0.15, 0.2) is 315 Å². The second-order valence-electron chi connectivity index (χ2n) is 19.0. The zero-order chi connectivity index (χ0) is 52.0. The third-order valence-corrected chi connectivity index (χ3v) is 14.2. The van der Waals surface area contributed by atoms with Gasteiger partial charge < -0.3 is 19.6 Å². The molecule has 78 heavy (non-hydrogen) atoms. The van der Waals surface area contributed by atoms with Crippen LogP contribution in [0.4, 0.5) is 68.2 Å². The number of nitrogens with zero attached hydrogens (tertiary/aromatic N) is 6. The van der Waals surface area contributed by atoms with Crippen molar-refractivity contribution in [1.29, 1.82) is 0 Å². The SMILES string of the molecule is c1ccc(N(c2ccccc2)c2ccc(N(c3ccccc3)c3ccc(-c4nc5ccccc5nc4-c4ccc(N(c5ccccc5)c5ccc(N(c6ccccc6)c6ccccc6)cc5)c5ccccc45)cc3)cc2)cc1. The van der Waals surface area contributed by atoms with Gasteiger partial charge in [0.05, 0.1) is 28.1 Å². The number of fused-ring (bicyclic) bond motifs is 2. The smallest absolute Gasteiger partial charge is 0.0979 e. The summed E-state index contributed by atoms with van der Waals surface area (Å²) in [5, 5.41) is 2.17. The number of rotatable bonds is 14. The van der Waals surface area contributed by atoms with Gasteiger partial charge in [-0.2, -0.15) is 0 Å². The first-order chi connectivity index (χ1) is 38.7. The summed E-state index contributed by atoms with van der Waals surface area (Å²) in [7, 11) is 0. The molecule has 0 atom stereocenters. The minimum atomic E-state index is 0.813. The average molecular weight is 1000 g/mol. The number of hydrogen-bond donors (Lipinski definition) is 0. The minimum Gasteiger partial charge on any atom is -0.311 e. The summed E-state index contributed by atoms with van der Waals surface area (Å²) in [6.07, 6.45) is 0. The van der Waals surface area contributed by atoms with Crippen molar-refractivity contribution in [3.05, 3.63) is 315 Å². The number of para-hydroxylation sites is 8. The van der Waals surface area contributed by atoms with Crippen molar-refractivity contribution in [2.24, 2.45) is 0 Å². The Morgan fingerprint density at radius 3 is 0.833 bits per heavy atom. The highest BCUT2D eigenvalue weighted by Crippen LogP contribution is 2.46. The van der Waals surface area contributed by atoms with Crippen LogP contribution < -0.4 is 19.6 Å². The maximum absolute atomic E-state index is 5.46. The third kappa shape index (κ3) is 9.35. The second-order valence-corrected chi connectivity index (χ2v) is 19.0. The van der Waals surface area contributed by atoms with E-state index in [-0.39, 0.29) is 0 Å². The molecule has 0 bridgehead atoms. The highest BCUT2D eigenvalue weighted by molar-refractivity contribution is 6.08. The second kappa shape index (κ2) is 21.4. The van der Waals surface area contributed by atoms with E-state index < -0.39 is 0 Å². The number of aromatic nitrogens is 2. The maximum atomic E-state index is 5.46. The van der Waals surface area contributed by atoms with Gasteiger partial charge in [0.25, 0.3) is 0 Å². The Balaban J connectivity index is 0.888. The van der Waals surface area contributed by atoms with E-state index in [4.69, 9.17) is 9.97 Å². The van der Waals surface area contributed by atoms with E-state index in [1.165, 1.54) is 0 Å². The molecule has 0 spiro atoms. The Morgan fingerprint density at radius 2 is 0.462 bits per heavy atom. The van der Waals surface area contributed by atoms with Gasteiger partial charge >= 0.3 is 0 Å². The van der Waals surface area contributed by atoms with E-state index in [9.17, 15) is 0 Å². The third-order valence-electron chi connectivity index (χ3n) is 14.2. The van der Waals surface area contributed by atoms with Crippen molar-refractivity contribution < 1.29 is 0 Å². The predicted octanol–water partition coefficient (Wildman–Crippen LogP) is 20.0. The molecule has 0 saturated heterocycles. The van der Waals surface area contributed by atoms with Gasteiger partial charge in [0.2, 0.25) is 0 Å². The van der Waals surface area contributed by atoms with Crippen molar-refractivity contribution in [2.45, 2.75) is 0 Å². The van der Waals surface area contributed by atoms with Crippen LogP contribution >= 0.6 is 0 Å². The summed E-state index contributed by atoms with van der Waals surface area (Å²) in [5.41, 5.74) is 18.1. The van der Waals surface area contributed by atoms with Gasteiger partial charge in [-0.1, -0.05) is 158 Å². The lowest BCUT2D eigenvalue weighted by Crippen LogP contribution is -2.12. The fourth-order valence-corrected chi connectivity index (χ4v) is 10.6. The van der Waals surface area contributed by atoms with Gasteiger partial charge in [-0.15, -0.1) is 0 Å². The number of benzene rings is 12. The van der Waals surface area contributed by atoms with E-state index in [0.29, 0.717) is 0 Å². The number of anilines is 12. The van der Waals surface area contributed by atoms with Crippen LogP contribution in [0, 0.1) is 0 Å². The van der Waals surface area contributed by atoms with Crippen LogP contribution in [-0.2, 0) is 0 Å². The molecule has 1 heterocycles. The lowest BCUT2D eigenvalue weighted by Gasteiger charge is -2.29. The molecule has 0 fully saturated rings. The Bertz CT molecular complexity index is 4030. The molecular formula is C72H52N6. The summed E-state index contributed by atoms with van der Waals surface area (Å²) >= 11 is 0. The van der Waals surface area contributed by atoms with Gasteiger partial charge in [0.15, 0.2) is 0 Å². The van der Waals surface area contributed by atoms with Crippen LogP contribution in [0.3, 0.4) is 0 Å². The summed E-state index contributed by atoms with van der Waals surface area (Å²) < 4.78 is 0. The summed E-state index contributed by atoms with van der Waals surface area (Å²) in [6, 6.07) is 111. The molecule has 0 radical (unpaired) electrons. The molecule has 370 valence electrons. The Labute approximate surface area is 455 Å². The zero-order valence-electron chi connectivity index (χ0n) is 42.7. The molecule has 12 aromatic carbocycles. The quantitative estimate of drug-likeness (QED) is 0.108. The first kappa shape index (κ1) is 47.2. The summed E-state index contributed by atoms with van der Waals surface area (Å²) in [4.78, 5) is 20.1. The monoisotopic (exact) mass is 1000 g/mol. The normalized spacial score (nSPS) is 11.1. The van der Waals surface area contributed by atoms with Crippen LogP contribution in [0.1, 0.15) is 0 Å². The number of hydrogen-bond acceptors (Lipinski definition) is 6. The van der Waals surface area contributed by atoms with Crippen molar-refractivity contribution in [1.82, 2.24) is 9.97 Å². The van der Waals surface area contributed by atoms with E-state index >= 15 is 0 Å². The molecule has 6 nitrogen and oxygen atoms in total. The van der Waals surface area contributed by atoms with Gasteiger partial charge in [-0.05, 0) is 163 Å². The molecular weight excluding hydrogens is 949 g/mol. The molecule has 0 aliphatic rings. The Kier molecular flexibility index (Phi) is 12.9. The molecule has 0 unspecified atom stereocenters. The van der Waals surface area contributed by atoms with E-state index in [2.05, 4.69) is 317 Å². The van der Waals surface area contributed by atoms with E-state index in [1.807, 2.05) is 18.2 Å². The van der Waals surface area contributed by atoms with Gasteiger partial charge in [-0.25, -0.2) is 9.97 Å². The Morgan fingerprint density at radius 1 is 0.192 bits per heavy atom. The van der Waals surface area contributed by atoms with Crippen molar-refractivity contribution in [3.8, 4) is 22.5 Å². The fraction of sp³-hybridized carbons (Fsp3) is 0. The first-order valence-corrected chi connectivity index (χ1v) is 26.3. The van der Waals surface area contributed by atoms with E-state index in [0.717, 1.165) is 113 Å². The first-order valence-electron chi connectivity index (χ1n) is 26.3. The predicted molar refractivity (Wildman–Crippen MR) is 327 cm³/mol. The molecule has 0 saturated carbocycles. The summed E-state index contributed by atoms with van der Waals surface area (Å²) in [6.45, 7) is 0. The van der Waals surface area contributed by atoms with Crippen molar-refractivity contribution in [2.75, 3.05) is 19.6 Å². The maximum Gasteiger partial charge on any atom is 0.0979 e. The van der Waals surface area contributed by atoms with Crippen molar-refractivity contribution in [3.63, 3.8) is 0 Å². The topological polar surface area (TPSA) is 38.7 Å². The molecule has 0 aliphatic carbocycles. The van der Waals surface area contributed by atoms with Crippen LogP contribution in [-0.4, -0.2) is 9.97 Å². The van der Waals surface area contributed by atoms with Gasteiger partial charge in [0.1, 0.15) is 0 Å². The molecule has 6 heteroatoms. The highest BCUT2D eigenvalue weighted by Gasteiger charge is 2.23.